The summed E-state index contributed by atoms with van der Waals surface area (Å²) >= 11 is 0. The van der Waals surface area contributed by atoms with Crippen molar-refractivity contribution in [3.63, 3.8) is 0 Å². The Morgan fingerprint density at radius 2 is 2.38 bits per heavy atom. The first-order valence-electron chi connectivity index (χ1n) is 5.68. The van der Waals surface area contributed by atoms with Gasteiger partial charge in [0.05, 0.1) is 11.4 Å². The van der Waals surface area contributed by atoms with Crippen LogP contribution in [0.3, 0.4) is 0 Å². The minimum absolute atomic E-state index is 0.0456. The molecule has 0 saturated heterocycles. The van der Waals surface area contributed by atoms with Crippen LogP contribution in [0.4, 0.5) is 5.69 Å². The molecule has 5 nitrogen and oxygen atoms in total. The first-order valence-corrected chi connectivity index (χ1v) is 5.68. The van der Waals surface area contributed by atoms with E-state index < -0.39 is 0 Å². The smallest absolute Gasteiger partial charge is 0.225 e. The molecule has 0 bridgehead atoms. The van der Waals surface area contributed by atoms with E-state index in [4.69, 9.17) is 0 Å². The summed E-state index contributed by atoms with van der Waals surface area (Å²) in [6.07, 6.45) is 4.85. The third-order valence-corrected chi connectivity index (χ3v) is 2.65. The number of rotatable bonds is 5. The molecule has 1 amide bonds. The molecule has 1 aromatic heterocycles. The maximum Gasteiger partial charge on any atom is 0.225 e. The van der Waals surface area contributed by atoms with E-state index in [0.717, 1.165) is 17.9 Å². The predicted molar refractivity (Wildman–Crippen MR) is 62.2 cm³/mol. The minimum atomic E-state index is 0.0456. The lowest BCUT2D eigenvalue weighted by Crippen LogP contribution is -2.23. The lowest BCUT2D eigenvalue weighted by molar-refractivity contribution is -0.116. The molecule has 0 aromatic carbocycles. The molecule has 0 spiro atoms. The Kier molecular flexibility index (Phi) is 3.24. The number of amides is 1. The second kappa shape index (κ2) is 4.65. The van der Waals surface area contributed by atoms with E-state index in [1.54, 1.807) is 4.68 Å². The van der Waals surface area contributed by atoms with Crippen molar-refractivity contribution in [2.24, 2.45) is 7.05 Å². The van der Waals surface area contributed by atoms with Gasteiger partial charge in [-0.2, -0.15) is 5.10 Å². The molecule has 1 aliphatic rings. The van der Waals surface area contributed by atoms with Crippen molar-refractivity contribution in [1.82, 2.24) is 15.1 Å². The van der Waals surface area contributed by atoms with E-state index in [9.17, 15) is 4.79 Å². The lowest BCUT2D eigenvalue weighted by atomic mass is 10.3. The van der Waals surface area contributed by atoms with Crippen molar-refractivity contribution in [2.45, 2.75) is 32.2 Å². The van der Waals surface area contributed by atoms with Crippen LogP contribution in [0, 0.1) is 6.92 Å². The normalized spacial score (nSPS) is 15.1. The molecule has 16 heavy (non-hydrogen) atoms. The van der Waals surface area contributed by atoms with E-state index in [1.807, 2.05) is 20.2 Å². The summed E-state index contributed by atoms with van der Waals surface area (Å²) in [6, 6.07) is 0.660. The molecule has 1 aromatic rings. The highest BCUT2D eigenvalue weighted by Gasteiger charge is 2.20. The van der Waals surface area contributed by atoms with Crippen LogP contribution in [0.2, 0.25) is 0 Å². The molecule has 88 valence electrons. The number of carbonyl (C=O) groups excluding carboxylic acids is 1. The van der Waals surface area contributed by atoms with E-state index >= 15 is 0 Å². The molecule has 0 aliphatic heterocycles. The van der Waals surface area contributed by atoms with Gasteiger partial charge in [-0.05, 0) is 19.8 Å². The zero-order valence-electron chi connectivity index (χ0n) is 9.79. The summed E-state index contributed by atoms with van der Waals surface area (Å²) in [5.41, 5.74) is 1.66. The summed E-state index contributed by atoms with van der Waals surface area (Å²) in [5, 5.41) is 10.3. The highest BCUT2D eigenvalue weighted by molar-refractivity contribution is 5.91. The molecule has 0 atom stereocenters. The average Bonchev–Trinajstić information content (AvgIpc) is 2.95. The fourth-order valence-corrected chi connectivity index (χ4v) is 1.61. The van der Waals surface area contributed by atoms with Crippen LogP contribution in [0.15, 0.2) is 6.20 Å². The molecule has 2 rings (SSSR count). The van der Waals surface area contributed by atoms with E-state index in [0.29, 0.717) is 12.5 Å². The van der Waals surface area contributed by atoms with Crippen LogP contribution in [0.25, 0.3) is 0 Å². The first-order chi connectivity index (χ1) is 7.65. The summed E-state index contributed by atoms with van der Waals surface area (Å²) in [7, 11) is 1.84. The van der Waals surface area contributed by atoms with Crippen LogP contribution >= 0.6 is 0 Å². The third-order valence-electron chi connectivity index (χ3n) is 2.65. The summed E-state index contributed by atoms with van der Waals surface area (Å²) in [4.78, 5) is 11.6. The second-order valence-electron chi connectivity index (χ2n) is 4.33. The number of aryl methyl sites for hydroxylation is 2. The van der Waals surface area contributed by atoms with Crippen molar-refractivity contribution in [1.29, 1.82) is 0 Å². The highest BCUT2D eigenvalue weighted by atomic mass is 16.1. The van der Waals surface area contributed by atoms with Crippen LogP contribution in [0.5, 0.6) is 0 Å². The maximum absolute atomic E-state index is 11.6. The minimum Gasteiger partial charge on any atom is -0.323 e. The van der Waals surface area contributed by atoms with Gasteiger partial charge >= 0.3 is 0 Å². The first kappa shape index (κ1) is 11.1. The Morgan fingerprint density at radius 1 is 1.62 bits per heavy atom. The Balaban J connectivity index is 1.75. The standard InChI is InChI=1S/C11H18N4O/c1-8-10(7-15(2)14-8)13-11(16)5-6-12-9-3-4-9/h7,9,12H,3-6H2,1-2H3,(H,13,16). The summed E-state index contributed by atoms with van der Waals surface area (Å²) < 4.78 is 1.70. The van der Waals surface area contributed by atoms with Gasteiger partial charge in [-0.3, -0.25) is 9.48 Å². The summed E-state index contributed by atoms with van der Waals surface area (Å²) in [6.45, 7) is 2.65. The van der Waals surface area contributed by atoms with Crippen LogP contribution in [-0.4, -0.2) is 28.3 Å². The van der Waals surface area contributed by atoms with Crippen molar-refractivity contribution in [3.05, 3.63) is 11.9 Å². The fraction of sp³-hybridized carbons (Fsp3) is 0.636. The lowest BCUT2D eigenvalue weighted by Gasteiger charge is -2.04. The Bertz CT molecular complexity index is 381. The molecule has 1 aliphatic carbocycles. The molecule has 0 unspecified atom stereocenters. The van der Waals surface area contributed by atoms with Gasteiger partial charge < -0.3 is 10.6 Å². The number of aromatic nitrogens is 2. The quantitative estimate of drug-likeness (QED) is 0.775. The van der Waals surface area contributed by atoms with Gasteiger partial charge in [0.25, 0.3) is 0 Å². The number of hydrogen-bond donors (Lipinski definition) is 2. The number of carbonyl (C=O) groups is 1. The Morgan fingerprint density at radius 3 is 2.94 bits per heavy atom. The van der Waals surface area contributed by atoms with Gasteiger partial charge in [-0.15, -0.1) is 0 Å². The molecule has 0 radical (unpaired) electrons. The number of nitrogens with zero attached hydrogens (tertiary/aromatic N) is 2. The Labute approximate surface area is 95.2 Å². The van der Waals surface area contributed by atoms with Crippen LogP contribution < -0.4 is 10.6 Å². The van der Waals surface area contributed by atoms with Crippen LogP contribution in [-0.2, 0) is 11.8 Å². The largest absolute Gasteiger partial charge is 0.323 e. The molecular formula is C11H18N4O. The van der Waals surface area contributed by atoms with Crippen LogP contribution in [0.1, 0.15) is 25.0 Å². The highest BCUT2D eigenvalue weighted by Crippen LogP contribution is 2.18. The van der Waals surface area contributed by atoms with Crippen molar-refractivity contribution < 1.29 is 4.79 Å². The van der Waals surface area contributed by atoms with Gasteiger partial charge in [-0.25, -0.2) is 0 Å². The molecule has 1 saturated carbocycles. The van der Waals surface area contributed by atoms with Gasteiger partial charge in [0.1, 0.15) is 0 Å². The number of anilines is 1. The van der Waals surface area contributed by atoms with E-state index in [2.05, 4.69) is 15.7 Å². The monoisotopic (exact) mass is 222 g/mol. The fourth-order valence-electron chi connectivity index (χ4n) is 1.61. The zero-order chi connectivity index (χ0) is 11.5. The maximum atomic E-state index is 11.6. The Hall–Kier alpha value is -1.36. The average molecular weight is 222 g/mol. The van der Waals surface area contributed by atoms with Crippen molar-refractivity contribution in [3.8, 4) is 0 Å². The predicted octanol–water partition coefficient (Wildman–Crippen LogP) is 0.809. The number of hydrogen-bond acceptors (Lipinski definition) is 3. The molecule has 1 fully saturated rings. The van der Waals surface area contributed by atoms with Crippen molar-refractivity contribution in [2.75, 3.05) is 11.9 Å². The third kappa shape index (κ3) is 3.06. The van der Waals surface area contributed by atoms with E-state index in [-0.39, 0.29) is 5.91 Å². The van der Waals surface area contributed by atoms with Gasteiger partial charge in [-0.1, -0.05) is 0 Å². The molecule has 5 heteroatoms. The molecular weight excluding hydrogens is 204 g/mol. The molecule has 1 heterocycles. The summed E-state index contributed by atoms with van der Waals surface area (Å²) in [5.74, 6) is 0.0456. The molecule has 2 N–H and O–H groups in total. The zero-order valence-corrected chi connectivity index (χ0v) is 9.79. The van der Waals surface area contributed by atoms with Gasteiger partial charge in [0.15, 0.2) is 0 Å². The van der Waals surface area contributed by atoms with Crippen molar-refractivity contribution >= 4 is 11.6 Å². The number of nitrogens with one attached hydrogen (secondary N) is 2. The topological polar surface area (TPSA) is 59.0 Å². The van der Waals surface area contributed by atoms with Gasteiger partial charge in [0.2, 0.25) is 5.91 Å². The SMILES string of the molecule is Cc1nn(C)cc1NC(=O)CCNC1CC1. The second-order valence-corrected chi connectivity index (χ2v) is 4.33. The van der Waals surface area contributed by atoms with E-state index in [1.165, 1.54) is 12.8 Å². The van der Waals surface area contributed by atoms with Gasteiger partial charge in [0, 0.05) is 32.3 Å².